The molecule has 5 heteroatoms. The van der Waals surface area contributed by atoms with Crippen LogP contribution >= 0.6 is 0 Å². The molecule has 112 valence electrons. The predicted molar refractivity (Wildman–Crippen MR) is 76.9 cm³/mol. The van der Waals surface area contributed by atoms with Crippen LogP contribution in [0.4, 0.5) is 0 Å². The minimum Gasteiger partial charge on any atom is -0.380 e. The summed E-state index contributed by atoms with van der Waals surface area (Å²) in [6.45, 7) is 8.97. The molecule has 0 aromatic heterocycles. The topological polar surface area (TPSA) is 67.6 Å². The third-order valence-electron chi connectivity index (χ3n) is 3.60. The zero-order chi connectivity index (χ0) is 14.5. The monoisotopic (exact) mass is 271 g/mol. The van der Waals surface area contributed by atoms with Gasteiger partial charge in [0.25, 0.3) is 0 Å². The molecular weight excluding hydrogens is 242 g/mol. The predicted octanol–water partition coefficient (Wildman–Crippen LogP) is 0.587. The van der Waals surface area contributed by atoms with E-state index in [4.69, 9.17) is 10.5 Å². The first kappa shape index (κ1) is 16.4. The molecule has 1 aliphatic carbocycles. The summed E-state index contributed by atoms with van der Waals surface area (Å²) in [6.07, 6.45) is 2.17. The highest BCUT2D eigenvalue weighted by Crippen LogP contribution is 2.40. The largest absolute Gasteiger partial charge is 0.380 e. The molecule has 0 aromatic carbocycles. The minimum atomic E-state index is -0.588. The second-order valence-electron chi connectivity index (χ2n) is 5.84. The van der Waals surface area contributed by atoms with Crippen LogP contribution in [-0.4, -0.2) is 55.7 Å². The minimum absolute atomic E-state index is 0.230. The highest BCUT2D eigenvalue weighted by molar-refractivity contribution is 5.86. The molecule has 1 fully saturated rings. The molecule has 0 spiro atoms. The van der Waals surface area contributed by atoms with E-state index in [1.807, 2.05) is 14.0 Å². The van der Waals surface area contributed by atoms with E-state index in [0.717, 1.165) is 26.0 Å². The number of rotatable bonds is 10. The van der Waals surface area contributed by atoms with E-state index in [0.29, 0.717) is 19.1 Å². The fourth-order valence-electron chi connectivity index (χ4n) is 2.60. The van der Waals surface area contributed by atoms with E-state index in [9.17, 15) is 4.79 Å². The highest BCUT2D eigenvalue weighted by atomic mass is 16.5. The molecule has 0 heterocycles. The van der Waals surface area contributed by atoms with Crippen LogP contribution < -0.4 is 11.1 Å². The maximum absolute atomic E-state index is 12.0. The Bertz CT molecular complexity index is 292. The first-order chi connectivity index (χ1) is 8.92. The zero-order valence-corrected chi connectivity index (χ0v) is 12.7. The molecule has 0 radical (unpaired) electrons. The van der Waals surface area contributed by atoms with E-state index in [2.05, 4.69) is 24.1 Å². The number of carbonyl (C=O) groups excluding carboxylic acids is 1. The van der Waals surface area contributed by atoms with Crippen LogP contribution in [0.25, 0.3) is 0 Å². The van der Waals surface area contributed by atoms with Crippen molar-refractivity contribution in [2.75, 3.05) is 33.4 Å². The first-order valence-electron chi connectivity index (χ1n) is 7.26. The van der Waals surface area contributed by atoms with Crippen LogP contribution in [0.2, 0.25) is 0 Å². The lowest BCUT2D eigenvalue weighted by Crippen LogP contribution is -2.64. The lowest BCUT2D eigenvalue weighted by molar-refractivity contribution is -0.126. The molecule has 1 aliphatic rings. The summed E-state index contributed by atoms with van der Waals surface area (Å²) < 4.78 is 5.36. The second-order valence-corrected chi connectivity index (χ2v) is 5.84. The molecule has 1 unspecified atom stereocenters. The van der Waals surface area contributed by atoms with Gasteiger partial charge in [-0.1, -0.05) is 0 Å². The van der Waals surface area contributed by atoms with Gasteiger partial charge >= 0.3 is 0 Å². The molecule has 5 nitrogen and oxygen atoms in total. The van der Waals surface area contributed by atoms with Crippen molar-refractivity contribution in [3.05, 3.63) is 0 Å². The van der Waals surface area contributed by atoms with E-state index >= 15 is 0 Å². The molecule has 1 atom stereocenters. The summed E-state index contributed by atoms with van der Waals surface area (Å²) in [7, 11) is 2.01. The van der Waals surface area contributed by atoms with Crippen LogP contribution in [0, 0.1) is 5.92 Å². The third-order valence-corrected chi connectivity index (χ3v) is 3.60. The quantitative estimate of drug-likeness (QED) is 0.571. The smallest absolute Gasteiger partial charge is 0.239 e. The van der Waals surface area contributed by atoms with Crippen LogP contribution in [-0.2, 0) is 9.53 Å². The molecule has 0 bridgehead atoms. The van der Waals surface area contributed by atoms with Gasteiger partial charge in [-0.05, 0) is 46.6 Å². The van der Waals surface area contributed by atoms with Crippen molar-refractivity contribution in [2.45, 2.75) is 45.2 Å². The van der Waals surface area contributed by atoms with Crippen LogP contribution in [0.15, 0.2) is 0 Å². The van der Waals surface area contributed by atoms with E-state index in [1.54, 1.807) is 0 Å². The summed E-state index contributed by atoms with van der Waals surface area (Å²) in [5.74, 6) is 0.147. The van der Waals surface area contributed by atoms with Crippen molar-refractivity contribution in [2.24, 2.45) is 11.7 Å². The van der Waals surface area contributed by atoms with Gasteiger partial charge in [0.1, 0.15) is 5.54 Å². The SMILES string of the molecule is CCOCCN(C)CC(NC(C)C)(C(N)=O)C1CC1. The Morgan fingerprint density at radius 1 is 1.53 bits per heavy atom. The molecule has 0 saturated heterocycles. The molecule has 0 aromatic rings. The fraction of sp³-hybridized carbons (Fsp3) is 0.929. The van der Waals surface area contributed by atoms with E-state index in [-0.39, 0.29) is 11.9 Å². The number of hydrogen-bond acceptors (Lipinski definition) is 4. The Balaban J connectivity index is 2.64. The summed E-state index contributed by atoms with van der Waals surface area (Å²) >= 11 is 0. The number of amides is 1. The summed E-state index contributed by atoms with van der Waals surface area (Å²) in [5.41, 5.74) is 5.12. The molecular formula is C14H29N3O2. The first-order valence-corrected chi connectivity index (χ1v) is 7.26. The number of hydrogen-bond donors (Lipinski definition) is 2. The number of primary amides is 1. The third kappa shape index (κ3) is 4.75. The average molecular weight is 271 g/mol. The van der Waals surface area contributed by atoms with Crippen molar-refractivity contribution in [1.82, 2.24) is 10.2 Å². The van der Waals surface area contributed by atoms with Gasteiger partial charge in [-0.2, -0.15) is 0 Å². The lowest BCUT2D eigenvalue weighted by Gasteiger charge is -2.37. The van der Waals surface area contributed by atoms with Gasteiger partial charge in [-0.3, -0.25) is 10.1 Å². The van der Waals surface area contributed by atoms with Crippen molar-refractivity contribution < 1.29 is 9.53 Å². The van der Waals surface area contributed by atoms with Gasteiger partial charge in [0.05, 0.1) is 6.61 Å². The molecule has 1 saturated carbocycles. The van der Waals surface area contributed by atoms with Crippen LogP contribution in [0.5, 0.6) is 0 Å². The van der Waals surface area contributed by atoms with Gasteiger partial charge in [0.2, 0.25) is 5.91 Å². The summed E-state index contributed by atoms with van der Waals surface area (Å²) in [6, 6.07) is 0.244. The van der Waals surface area contributed by atoms with Crippen LogP contribution in [0.1, 0.15) is 33.6 Å². The fourth-order valence-corrected chi connectivity index (χ4v) is 2.60. The van der Waals surface area contributed by atoms with E-state index in [1.165, 1.54) is 0 Å². The van der Waals surface area contributed by atoms with E-state index < -0.39 is 5.54 Å². The number of nitrogens with zero attached hydrogens (tertiary/aromatic N) is 1. The van der Waals surface area contributed by atoms with Gasteiger partial charge in [-0.25, -0.2) is 0 Å². The Kier molecular flexibility index (Phi) is 6.23. The van der Waals surface area contributed by atoms with Crippen molar-refractivity contribution in [3.8, 4) is 0 Å². The standard InChI is InChI=1S/C14H29N3O2/c1-5-19-9-8-17(4)10-14(13(15)18,12-6-7-12)16-11(2)3/h11-12,16H,5-10H2,1-4H3,(H2,15,18). The molecule has 1 rings (SSSR count). The lowest BCUT2D eigenvalue weighted by atomic mass is 9.90. The Hall–Kier alpha value is -0.650. The highest BCUT2D eigenvalue weighted by Gasteiger charge is 2.50. The maximum Gasteiger partial charge on any atom is 0.239 e. The molecule has 19 heavy (non-hydrogen) atoms. The number of nitrogens with one attached hydrogen (secondary N) is 1. The zero-order valence-electron chi connectivity index (χ0n) is 12.7. The maximum atomic E-state index is 12.0. The molecule has 0 aliphatic heterocycles. The molecule has 3 N–H and O–H groups in total. The van der Waals surface area contributed by atoms with Crippen molar-refractivity contribution in [3.63, 3.8) is 0 Å². The van der Waals surface area contributed by atoms with Crippen molar-refractivity contribution >= 4 is 5.91 Å². The Morgan fingerprint density at radius 2 is 2.16 bits per heavy atom. The number of carbonyl (C=O) groups is 1. The van der Waals surface area contributed by atoms with Gasteiger partial charge in [0, 0.05) is 25.7 Å². The number of likely N-dealkylation sites (N-methyl/N-ethyl adjacent to an activating group) is 1. The summed E-state index contributed by atoms with van der Waals surface area (Å²) in [4.78, 5) is 14.1. The normalized spacial score (nSPS) is 18.8. The molecule has 1 amide bonds. The average Bonchev–Trinajstić information content (AvgIpc) is 3.11. The Morgan fingerprint density at radius 3 is 2.58 bits per heavy atom. The van der Waals surface area contributed by atoms with Gasteiger partial charge in [0.15, 0.2) is 0 Å². The van der Waals surface area contributed by atoms with Gasteiger partial charge in [-0.15, -0.1) is 0 Å². The Labute approximate surface area is 116 Å². The van der Waals surface area contributed by atoms with Gasteiger partial charge < -0.3 is 15.4 Å². The van der Waals surface area contributed by atoms with Crippen molar-refractivity contribution in [1.29, 1.82) is 0 Å². The van der Waals surface area contributed by atoms with Crippen LogP contribution in [0.3, 0.4) is 0 Å². The number of nitrogens with two attached hydrogens (primary N) is 1. The second kappa shape index (κ2) is 7.22. The number of ether oxygens (including phenoxy) is 1. The summed E-state index contributed by atoms with van der Waals surface area (Å²) in [5, 5.41) is 3.42.